The van der Waals surface area contributed by atoms with Crippen molar-refractivity contribution in [2.75, 3.05) is 23.8 Å². The molecule has 1 aliphatic rings. The largest absolute Gasteiger partial charge is 0.476 e. The molecule has 1 heterocycles. The number of hydrogen-bond acceptors (Lipinski definition) is 5. The Balaban J connectivity index is 2.18. The molecule has 1 saturated carbocycles. The molecule has 1 fully saturated rings. The van der Waals surface area contributed by atoms with Crippen molar-refractivity contribution < 1.29 is 4.74 Å². The van der Waals surface area contributed by atoms with E-state index in [2.05, 4.69) is 28.7 Å². The fourth-order valence-electron chi connectivity index (χ4n) is 2.10. The quantitative estimate of drug-likeness (QED) is 0.819. The third-order valence-corrected chi connectivity index (χ3v) is 3.31. The van der Waals surface area contributed by atoms with Gasteiger partial charge in [-0.1, -0.05) is 13.8 Å². The third kappa shape index (κ3) is 3.49. The maximum absolute atomic E-state index is 6.15. The number of nitrogen functional groups attached to an aromatic ring is 1. The van der Waals surface area contributed by atoms with E-state index in [1.165, 1.54) is 12.8 Å². The zero-order chi connectivity index (χ0) is 13.8. The molecule has 2 rings (SSSR count). The second-order valence-electron chi connectivity index (χ2n) is 5.46. The van der Waals surface area contributed by atoms with Crippen molar-refractivity contribution in [2.24, 2.45) is 5.92 Å². The Hall–Kier alpha value is -1.52. The normalized spacial score (nSPS) is 14.7. The zero-order valence-corrected chi connectivity index (χ0v) is 12.1. The van der Waals surface area contributed by atoms with Crippen LogP contribution in [-0.2, 0) is 0 Å². The molecule has 0 aromatic carbocycles. The van der Waals surface area contributed by atoms with Crippen molar-refractivity contribution in [1.29, 1.82) is 0 Å². The van der Waals surface area contributed by atoms with E-state index in [4.69, 9.17) is 10.5 Å². The number of anilines is 2. The van der Waals surface area contributed by atoms with Gasteiger partial charge in [0.05, 0.1) is 6.61 Å². The molecule has 5 nitrogen and oxygen atoms in total. The van der Waals surface area contributed by atoms with Crippen molar-refractivity contribution in [1.82, 2.24) is 9.97 Å². The lowest BCUT2D eigenvalue weighted by Gasteiger charge is -2.25. The minimum absolute atomic E-state index is 0.502. The van der Waals surface area contributed by atoms with Gasteiger partial charge in [0.15, 0.2) is 5.82 Å². The highest BCUT2D eigenvalue weighted by Crippen LogP contribution is 2.36. The maximum atomic E-state index is 6.15. The smallest absolute Gasteiger partial charge is 0.242 e. The average molecular weight is 264 g/mol. The van der Waals surface area contributed by atoms with Gasteiger partial charge in [-0.15, -0.1) is 0 Å². The predicted octanol–water partition coefficient (Wildman–Crippen LogP) is 2.47. The van der Waals surface area contributed by atoms with Gasteiger partial charge in [0, 0.05) is 12.6 Å². The first-order chi connectivity index (χ1) is 9.13. The number of nitrogens with two attached hydrogens (primary N) is 1. The summed E-state index contributed by atoms with van der Waals surface area (Å²) in [7, 11) is 0. The molecule has 0 saturated heterocycles. The number of ether oxygens (including phenoxy) is 1. The molecule has 1 aromatic heterocycles. The van der Waals surface area contributed by atoms with Crippen LogP contribution in [0, 0.1) is 5.92 Å². The van der Waals surface area contributed by atoms with E-state index in [1.54, 1.807) is 6.33 Å². The van der Waals surface area contributed by atoms with E-state index < -0.39 is 0 Å². The molecule has 0 unspecified atom stereocenters. The summed E-state index contributed by atoms with van der Waals surface area (Å²) in [6.45, 7) is 7.96. The van der Waals surface area contributed by atoms with Crippen molar-refractivity contribution in [3.8, 4) is 5.88 Å². The molecular formula is C14H24N4O. The Morgan fingerprint density at radius 2 is 2.16 bits per heavy atom. The second-order valence-corrected chi connectivity index (χ2v) is 5.46. The lowest BCUT2D eigenvalue weighted by Crippen LogP contribution is -2.29. The number of nitrogens with zero attached hydrogens (tertiary/aromatic N) is 3. The molecule has 0 spiro atoms. The summed E-state index contributed by atoms with van der Waals surface area (Å²) < 4.78 is 5.45. The van der Waals surface area contributed by atoms with Crippen LogP contribution in [0.3, 0.4) is 0 Å². The van der Waals surface area contributed by atoms with Gasteiger partial charge in [-0.3, -0.25) is 0 Å². The molecule has 5 heteroatoms. The van der Waals surface area contributed by atoms with E-state index in [9.17, 15) is 0 Å². The van der Waals surface area contributed by atoms with Crippen LogP contribution in [0.15, 0.2) is 6.33 Å². The molecular weight excluding hydrogens is 240 g/mol. The van der Waals surface area contributed by atoms with Crippen LogP contribution in [-0.4, -0.2) is 29.2 Å². The maximum Gasteiger partial charge on any atom is 0.242 e. The molecule has 0 aliphatic heterocycles. The van der Waals surface area contributed by atoms with E-state index >= 15 is 0 Å². The molecule has 1 aromatic rings. The van der Waals surface area contributed by atoms with Gasteiger partial charge >= 0.3 is 0 Å². The van der Waals surface area contributed by atoms with Crippen LogP contribution >= 0.6 is 0 Å². The van der Waals surface area contributed by atoms with Crippen LogP contribution in [0.5, 0.6) is 5.88 Å². The Kier molecular flexibility index (Phi) is 4.45. The van der Waals surface area contributed by atoms with Crippen LogP contribution in [0.4, 0.5) is 11.5 Å². The van der Waals surface area contributed by atoms with E-state index in [1.807, 2.05) is 6.92 Å². The van der Waals surface area contributed by atoms with Crippen LogP contribution in [0.25, 0.3) is 0 Å². The van der Waals surface area contributed by atoms with E-state index in [0.717, 1.165) is 18.8 Å². The van der Waals surface area contributed by atoms with Crippen molar-refractivity contribution >= 4 is 11.5 Å². The second kappa shape index (κ2) is 6.08. The minimum Gasteiger partial charge on any atom is -0.476 e. The van der Waals surface area contributed by atoms with Crippen molar-refractivity contribution in [3.63, 3.8) is 0 Å². The number of hydrogen-bond donors (Lipinski definition) is 1. The highest BCUT2D eigenvalue weighted by molar-refractivity contribution is 5.68. The van der Waals surface area contributed by atoms with Crippen molar-refractivity contribution in [3.05, 3.63) is 6.33 Å². The summed E-state index contributed by atoms with van der Waals surface area (Å²) in [5, 5.41) is 0. The van der Waals surface area contributed by atoms with Gasteiger partial charge in [0.25, 0.3) is 0 Å². The average Bonchev–Trinajstić information content (AvgIpc) is 3.18. The van der Waals surface area contributed by atoms with Crippen molar-refractivity contribution in [2.45, 2.75) is 46.1 Å². The summed E-state index contributed by atoms with van der Waals surface area (Å²) in [5.74, 6) is 2.01. The molecule has 2 N–H and O–H groups in total. The monoisotopic (exact) mass is 264 g/mol. The molecule has 1 aliphatic carbocycles. The predicted molar refractivity (Wildman–Crippen MR) is 77.4 cm³/mol. The van der Waals surface area contributed by atoms with Gasteiger partial charge < -0.3 is 15.4 Å². The Labute approximate surface area is 115 Å². The van der Waals surface area contributed by atoms with Gasteiger partial charge in [0.1, 0.15) is 12.0 Å². The standard InChI is InChI=1S/C14H24N4O/c1-4-19-14-12(15)13(16-9-17-14)18(11-5-6-11)8-7-10(2)3/h9-11H,4-8,15H2,1-3H3. The lowest BCUT2D eigenvalue weighted by atomic mass is 10.1. The minimum atomic E-state index is 0.502. The van der Waals surface area contributed by atoms with E-state index in [-0.39, 0.29) is 0 Å². The molecule has 19 heavy (non-hydrogen) atoms. The summed E-state index contributed by atoms with van der Waals surface area (Å²) >= 11 is 0. The lowest BCUT2D eigenvalue weighted by molar-refractivity contribution is 0.328. The molecule has 0 radical (unpaired) electrons. The Bertz CT molecular complexity index is 418. The fraction of sp³-hybridized carbons (Fsp3) is 0.714. The van der Waals surface area contributed by atoms with Crippen LogP contribution in [0.2, 0.25) is 0 Å². The summed E-state index contributed by atoms with van der Waals surface area (Å²) in [5.41, 5.74) is 6.72. The highest BCUT2D eigenvalue weighted by atomic mass is 16.5. The van der Waals surface area contributed by atoms with Gasteiger partial charge in [-0.25, -0.2) is 4.98 Å². The SMILES string of the molecule is CCOc1ncnc(N(CCC(C)C)C2CC2)c1N. The fourth-order valence-corrected chi connectivity index (χ4v) is 2.10. The first kappa shape index (κ1) is 13.9. The highest BCUT2D eigenvalue weighted by Gasteiger charge is 2.31. The van der Waals surface area contributed by atoms with E-state index in [0.29, 0.717) is 30.1 Å². The van der Waals surface area contributed by atoms with Gasteiger partial charge in [0.2, 0.25) is 5.88 Å². The Morgan fingerprint density at radius 1 is 1.42 bits per heavy atom. The molecule has 106 valence electrons. The summed E-state index contributed by atoms with van der Waals surface area (Å²) in [6.07, 6.45) is 5.14. The van der Waals surface area contributed by atoms with Gasteiger partial charge in [-0.2, -0.15) is 4.98 Å². The Morgan fingerprint density at radius 3 is 2.74 bits per heavy atom. The van der Waals surface area contributed by atoms with Gasteiger partial charge in [-0.05, 0) is 32.1 Å². The molecule has 0 atom stereocenters. The number of rotatable bonds is 7. The van der Waals surface area contributed by atoms with Crippen LogP contribution < -0.4 is 15.4 Å². The molecule has 0 bridgehead atoms. The third-order valence-electron chi connectivity index (χ3n) is 3.31. The molecule has 0 amide bonds. The first-order valence-electron chi connectivity index (χ1n) is 7.13. The summed E-state index contributed by atoms with van der Waals surface area (Å²) in [4.78, 5) is 10.8. The number of aromatic nitrogens is 2. The zero-order valence-electron chi connectivity index (χ0n) is 12.1. The first-order valence-corrected chi connectivity index (χ1v) is 7.13. The van der Waals surface area contributed by atoms with Crippen LogP contribution in [0.1, 0.15) is 40.0 Å². The topological polar surface area (TPSA) is 64.3 Å². The summed E-state index contributed by atoms with van der Waals surface area (Å²) in [6, 6.07) is 0.588.